The molecule has 23 heavy (non-hydrogen) atoms. The average Bonchev–Trinajstić information content (AvgIpc) is 2.48. The number of hydrogen-bond donors (Lipinski definition) is 2. The van der Waals surface area contributed by atoms with Gasteiger partial charge in [0.2, 0.25) is 0 Å². The molecule has 0 aliphatic heterocycles. The molecule has 0 aromatic heterocycles. The molecule has 1 atom stereocenters. The molecule has 0 heterocycles. The zero-order valence-corrected chi connectivity index (χ0v) is 14.9. The molecule has 0 saturated heterocycles. The van der Waals surface area contributed by atoms with Crippen LogP contribution in [0.2, 0.25) is 5.02 Å². The van der Waals surface area contributed by atoms with Crippen LogP contribution in [0.5, 0.6) is 0 Å². The van der Waals surface area contributed by atoms with E-state index in [1.54, 1.807) is 0 Å². The normalized spacial score (nSPS) is 12.0. The van der Waals surface area contributed by atoms with E-state index in [2.05, 4.69) is 31.3 Å². The van der Waals surface area contributed by atoms with Crippen molar-refractivity contribution in [1.29, 1.82) is 0 Å². The van der Waals surface area contributed by atoms with Crippen molar-refractivity contribution in [2.24, 2.45) is 0 Å². The van der Waals surface area contributed by atoms with Crippen LogP contribution >= 0.6 is 11.6 Å². The molecule has 2 aromatic rings. The predicted octanol–water partition coefficient (Wildman–Crippen LogP) is 3.53. The molecule has 122 valence electrons. The molecule has 0 saturated carbocycles. The first-order chi connectivity index (χ1) is 10.9. The van der Waals surface area contributed by atoms with Crippen molar-refractivity contribution in [2.75, 3.05) is 11.9 Å². The Morgan fingerprint density at radius 3 is 2.43 bits per heavy atom. The third-order valence-corrected chi connectivity index (χ3v) is 4.21. The molecule has 0 radical (unpaired) electrons. The Morgan fingerprint density at radius 2 is 1.83 bits per heavy atom. The topological polar surface area (TPSA) is 45.7 Å². The van der Waals surface area contributed by atoms with E-state index >= 15 is 0 Å². The molecule has 0 bridgehead atoms. The molecule has 0 aliphatic carbocycles. The Hall–Kier alpha value is -1.84. The van der Waals surface area contributed by atoms with Gasteiger partial charge in [-0.15, -0.1) is 0 Å². The van der Waals surface area contributed by atoms with Gasteiger partial charge in [0.1, 0.15) is 6.04 Å². The van der Waals surface area contributed by atoms with Crippen molar-refractivity contribution in [2.45, 2.75) is 33.7 Å². The van der Waals surface area contributed by atoms with Gasteiger partial charge in [-0.2, -0.15) is 0 Å². The fraction of sp³-hybridized carbons (Fsp3) is 0.316. The van der Waals surface area contributed by atoms with Gasteiger partial charge in [-0.25, -0.2) is 0 Å². The molecule has 2 aromatic carbocycles. The maximum absolute atomic E-state index is 12.2. The lowest BCUT2D eigenvalue weighted by atomic mass is 10.1. The average molecular weight is 332 g/mol. The van der Waals surface area contributed by atoms with Gasteiger partial charge in [-0.1, -0.05) is 41.4 Å². The summed E-state index contributed by atoms with van der Waals surface area (Å²) in [5.41, 5.74) is 5.44. The molecule has 0 aliphatic rings. The third kappa shape index (κ3) is 4.81. The summed E-state index contributed by atoms with van der Waals surface area (Å²) in [7, 11) is 0. The predicted molar refractivity (Wildman–Crippen MR) is 95.9 cm³/mol. The molecule has 0 unspecified atom stereocenters. The van der Waals surface area contributed by atoms with E-state index in [4.69, 9.17) is 11.6 Å². The first kappa shape index (κ1) is 17.5. The molecule has 3 N–H and O–H groups in total. The molecule has 2 rings (SSSR count). The Morgan fingerprint density at radius 1 is 1.17 bits per heavy atom. The van der Waals surface area contributed by atoms with Gasteiger partial charge in [0.25, 0.3) is 5.91 Å². The Labute approximate surface area is 143 Å². The number of anilines is 1. The summed E-state index contributed by atoms with van der Waals surface area (Å²) in [5, 5.41) is 5.76. The molecule has 0 spiro atoms. The minimum absolute atomic E-state index is 0.00827. The van der Waals surface area contributed by atoms with Gasteiger partial charge in [0, 0.05) is 16.3 Å². The van der Waals surface area contributed by atoms with Gasteiger partial charge in [-0.05, 0) is 51.0 Å². The van der Waals surface area contributed by atoms with Gasteiger partial charge >= 0.3 is 0 Å². The quantitative estimate of drug-likeness (QED) is 0.865. The fourth-order valence-corrected chi connectivity index (χ4v) is 2.98. The molecule has 4 heteroatoms. The van der Waals surface area contributed by atoms with E-state index in [9.17, 15) is 4.79 Å². The number of nitrogens with one attached hydrogen (secondary N) is 1. The first-order valence-corrected chi connectivity index (χ1v) is 8.21. The standard InChI is InChI=1S/C19H23ClN2O/c1-12-8-13(2)19(14(3)9-12)22-18(23)11-21-15(4)16-6-5-7-17(20)10-16/h5-10,15,21H,11H2,1-4H3,(H,22,23)/p+1/t15-/m0/s1. The number of quaternary nitrogens is 1. The second-order valence-corrected chi connectivity index (χ2v) is 6.54. The van der Waals surface area contributed by atoms with Crippen LogP contribution in [0.1, 0.15) is 35.2 Å². The zero-order chi connectivity index (χ0) is 17.0. The Kier molecular flexibility index (Phi) is 5.80. The van der Waals surface area contributed by atoms with Crippen LogP contribution in [0.25, 0.3) is 0 Å². The SMILES string of the molecule is Cc1cc(C)c(NC(=O)C[NH2+][C@@H](C)c2cccc(Cl)c2)c(C)c1. The lowest BCUT2D eigenvalue weighted by Gasteiger charge is -2.14. The minimum Gasteiger partial charge on any atom is -0.333 e. The van der Waals surface area contributed by atoms with Crippen LogP contribution < -0.4 is 10.6 Å². The van der Waals surface area contributed by atoms with Gasteiger partial charge in [0.15, 0.2) is 6.54 Å². The van der Waals surface area contributed by atoms with Crippen LogP contribution in [-0.4, -0.2) is 12.5 Å². The summed E-state index contributed by atoms with van der Waals surface area (Å²) in [4.78, 5) is 12.2. The summed E-state index contributed by atoms with van der Waals surface area (Å²) in [6, 6.07) is 12.1. The van der Waals surface area contributed by atoms with Crippen molar-refractivity contribution in [3.8, 4) is 0 Å². The second kappa shape index (κ2) is 7.62. The Balaban J connectivity index is 1.95. The lowest BCUT2D eigenvalue weighted by Crippen LogP contribution is -2.86. The summed E-state index contributed by atoms with van der Waals surface area (Å²) in [5.74, 6) is 0.00827. The summed E-state index contributed by atoms with van der Waals surface area (Å²) < 4.78 is 0. The van der Waals surface area contributed by atoms with E-state index in [0.29, 0.717) is 6.54 Å². The van der Waals surface area contributed by atoms with Crippen molar-refractivity contribution in [3.63, 3.8) is 0 Å². The van der Waals surface area contributed by atoms with Crippen molar-refractivity contribution in [3.05, 3.63) is 63.7 Å². The van der Waals surface area contributed by atoms with Gasteiger partial charge in [0.05, 0.1) is 0 Å². The number of carbonyl (C=O) groups is 1. The highest BCUT2D eigenvalue weighted by Gasteiger charge is 2.13. The first-order valence-electron chi connectivity index (χ1n) is 7.83. The molecule has 1 amide bonds. The van der Waals surface area contributed by atoms with E-state index < -0.39 is 0 Å². The van der Waals surface area contributed by atoms with Crippen LogP contribution in [-0.2, 0) is 4.79 Å². The monoisotopic (exact) mass is 331 g/mol. The second-order valence-electron chi connectivity index (χ2n) is 6.11. The molecular weight excluding hydrogens is 308 g/mol. The summed E-state index contributed by atoms with van der Waals surface area (Å²) in [6.07, 6.45) is 0. The van der Waals surface area contributed by atoms with E-state index in [1.807, 2.05) is 43.4 Å². The highest BCUT2D eigenvalue weighted by atomic mass is 35.5. The fourth-order valence-electron chi connectivity index (χ4n) is 2.78. The lowest BCUT2D eigenvalue weighted by molar-refractivity contribution is -0.682. The van der Waals surface area contributed by atoms with E-state index in [-0.39, 0.29) is 11.9 Å². The molecule has 0 fully saturated rings. The summed E-state index contributed by atoms with van der Waals surface area (Å²) in [6.45, 7) is 8.55. The van der Waals surface area contributed by atoms with E-state index in [1.165, 1.54) is 5.56 Å². The summed E-state index contributed by atoms with van der Waals surface area (Å²) >= 11 is 6.01. The number of rotatable bonds is 5. The maximum Gasteiger partial charge on any atom is 0.279 e. The third-order valence-electron chi connectivity index (χ3n) is 3.97. The van der Waals surface area contributed by atoms with E-state index in [0.717, 1.165) is 27.4 Å². The number of amides is 1. The number of aryl methyl sites for hydroxylation is 3. The van der Waals surface area contributed by atoms with Gasteiger partial charge < -0.3 is 10.6 Å². The van der Waals surface area contributed by atoms with Crippen LogP contribution in [0.3, 0.4) is 0 Å². The van der Waals surface area contributed by atoms with Crippen LogP contribution in [0.15, 0.2) is 36.4 Å². The zero-order valence-electron chi connectivity index (χ0n) is 14.1. The Bertz CT molecular complexity index is 689. The maximum atomic E-state index is 12.2. The van der Waals surface area contributed by atoms with Crippen molar-refractivity contribution >= 4 is 23.2 Å². The van der Waals surface area contributed by atoms with Gasteiger partial charge in [-0.3, -0.25) is 4.79 Å². The molecule has 3 nitrogen and oxygen atoms in total. The number of carbonyl (C=O) groups excluding carboxylic acids is 1. The highest BCUT2D eigenvalue weighted by molar-refractivity contribution is 6.30. The number of hydrogen-bond acceptors (Lipinski definition) is 1. The largest absolute Gasteiger partial charge is 0.333 e. The number of halogens is 1. The van der Waals surface area contributed by atoms with Crippen molar-refractivity contribution in [1.82, 2.24) is 0 Å². The minimum atomic E-state index is 0.00827. The smallest absolute Gasteiger partial charge is 0.279 e. The van der Waals surface area contributed by atoms with Crippen LogP contribution in [0, 0.1) is 20.8 Å². The van der Waals surface area contributed by atoms with Crippen LogP contribution in [0.4, 0.5) is 5.69 Å². The highest BCUT2D eigenvalue weighted by Crippen LogP contribution is 2.21. The number of nitrogens with two attached hydrogens (primary N) is 1. The van der Waals surface area contributed by atoms with Crippen molar-refractivity contribution < 1.29 is 10.1 Å². The molecular formula is C19H24ClN2O+. The number of benzene rings is 2.